The van der Waals surface area contributed by atoms with E-state index < -0.39 is 5.76 Å². The second-order valence-electron chi connectivity index (χ2n) is 7.57. The van der Waals surface area contributed by atoms with Crippen LogP contribution in [-0.4, -0.2) is 62.3 Å². The molecule has 1 fully saturated rings. The minimum atomic E-state index is -2.57. The molecular formula is C22H24F2N6OS. The lowest BCUT2D eigenvalue weighted by molar-refractivity contribution is 0.0743. The second-order valence-corrected chi connectivity index (χ2v) is 8.60. The number of imidazole rings is 1. The van der Waals surface area contributed by atoms with Crippen molar-refractivity contribution in [2.45, 2.75) is 31.4 Å². The normalized spacial score (nSPS) is 14.3. The van der Waals surface area contributed by atoms with E-state index in [1.807, 2.05) is 31.4 Å². The molecule has 1 amide bonds. The number of halogens is 2. The number of hydrogen-bond donors (Lipinski definition) is 0. The fourth-order valence-electron chi connectivity index (χ4n) is 3.70. The molecule has 0 N–H and O–H groups in total. The highest BCUT2D eigenvalue weighted by Gasteiger charge is 2.26. The van der Waals surface area contributed by atoms with Gasteiger partial charge in [0.05, 0.1) is 11.3 Å². The maximum Gasteiger partial charge on any atom is 0.288 e. The van der Waals surface area contributed by atoms with E-state index in [9.17, 15) is 13.6 Å². The average Bonchev–Trinajstić information content (AvgIpc) is 3.11. The zero-order valence-electron chi connectivity index (χ0n) is 18.1. The summed E-state index contributed by atoms with van der Waals surface area (Å²) in [5.41, 5.74) is 2.28. The Kier molecular flexibility index (Phi) is 6.40. The van der Waals surface area contributed by atoms with E-state index in [1.165, 1.54) is 0 Å². The Morgan fingerprint density at radius 3 is 2.38 bits per heavy atom. The lowest BCUT2D eigenvalue weighted by Gasteiger charge is -2.35. The summed E-state index contributed by atoms with van der Waals surface area (Å²) in [6, 6.07) is 8.45. The molecule has 0 radical (unpaired) electrons. The molecule has 1 saturated heterocycles. The zero-order chi connectivity index (χ0) is 22.8. The molecule has 10 heteroatoms. The number of piperazine rings is 1. The fourth-order valence-corrected chi connectivity index (χ4v) is 4.33. The van der Waals surface area contributed by atoms with Crippen molar-refractivity contribution in [1.82, 2.24) is 24.4 Å². The van der Waals surface area contributed by atoms with E-state index in [4.69, 9.17) is 0 Å². The van der Waals surface area contributed by atoms with Crippen LogP contribution in [0.15, 0.2) is 41.6 Å². The van der Waals surface area contributed by atoms with Gasteiger partial charge in [0, 0.05) is 42.8 Å². The Labute approximate surface area is 189 Å². The first-order chi connectivity index (χ1) is 15.3. The topological polar surface area (TPSA) is 67.2 Å². The van der Waals surface area contributed by atoms with E-state index in [0.29, 0.717) is 54.2 Å². The van der Waals surface area contributed by atoms with Crippen LogP contribution in [-0.2, 0) is 0 Å². The molecule has 1 aliphatic rings. The number of carbonyl (C=O) groups is 1. The van der Waals surface area contributed by atoms with Crippen molar-refractivity contribution in [3.8, 4) is 5.82 Å². The number of aryl methyl sites for hydroxylation is 2. The summed E-state index contributed by atoms with van der Waals surface area (Å²) in [6.45, 7) is 7.94. The average molecular weight is 459 g/mol. The Morgan fingerprint density at radius 1 is 1.03 bits per heavy atom. The third-order valence-electron chi connectivity index (χ3n) is 5.53. The monoisotopic (exact) mass is 458 g/mol. The van der Waals surface area contributed by atoms with Crippen molar-refractivity contribution < 1.29 is 13.6 Å². The van der Waals surface area contributed by atoms with Crippen molar-refractivity contribution in [3.63, 3.8) is 0 Å². The smallest absolute Gasteiger partial charge is 0.288 e. The molecular weight excluding hydrogens is 434 g/mol. The highest BCUT2D eigenvalue weighted by Crippen LogP contribution is 2.29. The van der Waals surface area contributed by atoms with Gasteiger partial charge < -0.3 is 9.80 Å². The van der Waals surface area contributed by atoms with Crippen molar-refractivity contribution in [2.24, 2.45) is 0 Å². The Morgan fingerprint density at radius 2 is 1.72 bits per heavy atom. The van der Waals surface area contributed by atoms with Crippen LogP contribution in [0.5, 0.6) is 0 Å². The summed E-state index contributed by atoms with van der Waals surface area (Å²) in [6.07, 6.45) is 1.75. The number of rotatable bonds is 5. The van der Waals surface area contributed by atoms with Gasteiger partial charge >= 0.3 is 0 Å². The van der Waals surface area contributed by atoms with Gasteiger partial charge in [-0.05, 0) is 32.9 Å². The molecule has 0 spiro atoms. The lowest BCUT2D eigenvalue weighted by Crippen LogP contribution is -2.49. The number of hydrogen-bond acceptors (Lipinski definition) is 6. The van der Waals surface area contributed by atoms with E-state index in [-0.39, 0.29) is 5.91 Å². The van der Waals surface area contributed by atoms with Crippen LogP contribution in [0.25, 0.3) is 5.82 Å². The van der Waals surface area contributed by atoms with Gasteiger partial charge in [0.1, 0.15) is 23.8 Å². The number of aromatic nitrogens is 4. The minimum Gasteiger partial charge on any atom is -0.353 e. The van der Waals surface area contributed by atoms with Crippen LogP contribution in [0.3, 0.4) is 0 Å². The Bertz CT molecular complexity index is 1130. The molecule has 0 unspecified atom stereocenters. The number of anilines is 1. The van der Waals surface area contributed by atoms with Crippen LogP contribution in [0, 0.1) is 20.8 Å². The molecule has 0 atom stereocenters. The summed E-state index contributed by atoms with van der Waals surface area (Å²) < 4.78 is 27.7. The van der Waals surface area contributed by atoms with Crippen molar-refractivity contribution in [2.75, 3.05) is 31.1 Å². The summed E-state index contributed by atoms with van der Waals surface area (Å²) in [4.78, 5) is 30.6. The summed E-state index contributed by atoms with van der Waals surface area (Å²) in [5.74, 6) is -0.600. The van der Waals surface area contributed by atoms with Crippen molar-refractivity contribution in [1.29, 1.82) is 0 Å². The van der Waals surface area contributed by atoms with E-state index in [1.54, 1.807) is 35.5 Å². The first kappa shape index (κ1) is 22.2. The van der Waals surface area contributed by atoms with Gasteiger partial charge in [-0.2, -0.15) is 8.78 Å². The number of carbonyl (C=O) groups excluding carboxylic acids is 1. The number of amides is 1. The van der Waals surface area contributed by atoms with Gasteiger partial charge in [-0.1, -0.05) is 23.9 Å². The first-order valence-corrected chi connectivity index (χ1v) is 11.2. The van der Waals surface area contributed by atoms with Crippen molar-refractivity contribution in [3.05, 3.63) is 59.4 Å². The van der Waals surface area contributed by atoms with Crippen LogP contribution in [0.4, 0.5) is 14.6 Å². The third-order valence-corrected chi connectivity index (χ3v) is 6.32. The number of benzene rings is 1. The molecule has 2 aromatic heterocycles. The molecule has 3 heterocycles. The molecule has 3 aromatic rings. The maximum atomic E-state index is 13.0. The van der Waals surface area contributed by atoms with Crippen LogP contribution in [0.2, 0.25) is 0 Å². The maximum absolute atomic E-state index is 13.0. The lowest BCUT2D eigenvalue weighted by atomic mass is 10.2. The second kappa shape index (κ2) is 9.23. The van der Waals surface area contributed by atoms with Gasteiger partial charge in [-0.3, -0.25) is 9.36 Å². The highest BCUT2D eigenvalue weighted by molar-refractivity contribution is 7.99. The molecule has 1 aliphatic heterocycles. The predicted octanol–water partition coefficient (Wildman–Crippen LogP) is 3.86. The summed E-state index contributed by atoms with van der Waals surface area (Å²) in [5, 5.41) is 0. The van der Waals surface area contributed by atoms with Gasteiger partial charge in [-0.15, -0.1) is 0 Å². The van der Waals surface area contributed by atoms with Gasteiger partial charge in [-0.25, -0.2) is 15.0 Å². The van der Waals surface area contributed by atoms with Crippen molar-refractivity contribution >= 4 is 23.5 Å². The predicted molar refractivity (Wildman–Crippen MR) is 120 cm³/mol. The summed E-state index contributed by atoms with van der Waals surface area (Å²) >= 11 is 0.403. The minimum absolute atomic E-state index is 0.225. The Balaban J connectivity index is 1.49. The Hall–Kier alpha value is -3.01. The molecule has 0 saturated carbocycles. The van der Waals surface area contributed by atoms with E-state index >= 15 is 0 Å². The molecule has 168 valence electrons. The van der Waals surface area contributed by atoms with Crippen LogP contribution in [0.1, 0.15) is 27.6 Å². The zero-order valence-corrected chi connectivity index (χ0v) is 18.9. The first-order valence-electron chi connectivity index (χ1n) is 10.3. The molecule has 0 aliphatic carbocycles. The summed E-state index contributed by atoms with van der Waals surface area (Å²) in [7, 11) is 0. The van der Waals surface area contributed by atoms with Gasteiger partial charge in [0.15, 0.2) is 0 Å². The molecule has 0 bridgehead atoms. The third kappa shape index (κ3) is 4.59. The van der Waals surface area contributed by atoms with Gasteiger partial charge in [0.2, 0.25) is 0 Å². The van der Waals surface area contributed by atoms with Crippen LogP contribution < -0.4 is 4.90 Å². The standard InChI is InChI=1S/C22H24F2N6OS/c1-14-15(2)30(13-25-14)20-12-19(26-16(3)27-20)28-8-10-29(11-9-28)21(31)17-6-4-5-7-18(17)32-22(23)24/h4-7,12-13,22H,8-11H2,1-3H3. The molecule has 7 nitrogen and oxygen atoms in total. The van der Waals surface area contributed by atoms with E-state index in [0.717, 1.165) is 23.0 Å². The highest BCUT2D eigenvalue weighted by atomic mass is 32.2. The van der Waals surface area contributed by atoms with Crippen LogP contribution >= 0.6 is 11.8 Å². The number of nitrogens with zero attached hydrogens (tertiary/aromatic N) is 6. The molecule has 4 rings (SSSR count). The quantitative estimate of drug-likeness (QED) is 0.541. The molecule has 1 aromatic carbocycles. The largest absolute Gasteiger partial charge is 0.353 e. The SMILES string of the molecule is Cc1nc(N2CCN(C(=O)c3ccccc3SC(F)F)CC2)cc(-n2cnc(C)c2C)n1. The number of alkyl halides is 2. The molecule has 32 heavy (non-hydrogen) atoms. The van der Waals surface area contributed by atoms with E-state index in [2.05, 4.69) is 19.9 Å². The number of thioether (sulfide) groups is 1. The fraction of sp³-hybridized carbons (Fsp3) is 0.364. The van der Waals surface area contributed by atoms with Gasteiger partial charge in [0.25, 0.3) is 11.7 Å².